The van der Waals surface area contributed by atoms with Crippen molar-refractivity contribution in [2.24, 2.45) is 0 Å². The molecular weight excluding hydrogens is 260 g/mol. The van der Waals surface area contributed by atoms with Crippen LogP contribution in [0.2, 0.25) is 0 Å². The summed E-state index contributed by atoms with van der Waals surface area (Å²) in [4.78, 5) is 9.29. The molecule has 4 nitrogen and oxygen atoms in total. The fourth-order valence-electron chi connectivity index (χ4n) is 1.36. The molecule has 21 heavy (non-hydrogen) atoms. The summed E-state index contributed by atoms with van der Waals surface area (Å²) >= 11 is 0. The highest BCUT2D eigenvalue weighted by Gasteiger charge is 2.06. The maximum absolute atomic E-state index is 2.54. The Balaban J connectivity index is -0.000000112. The van der Waals surface area contributed by atoms with Gasteiger partial charge in [-0.25, -0.2) is 0 Å². The topological polar surface area (TPSA) is 13.0 Å². The molecule has 0 aliphatic heterocycles. The van der Waals surface area contributed by atoms with Crippen LogP contribution < -0.4 is 0 Å². The van der Waals surface area contributed by atoms with Crippen LogP contribution in [0.25, 0.3) is 0 Å². The van der Waals surface area contributed by atoms with Crippen LogP contribution in [0.1, 0.15) is 37.1 Å². The van der Waals surface area contributed by atoms with E-state index in [0.29, 0.717) is 0 Å². The van der Waals surface area contributed by atoms with Gasteiger partial charge < -0.3 is 14.7 Å². The number of nitrogens with zero attached hydrogens (tertiary/aromatic N) is 4. The van der Waals surface area contributed by atoms with Crippen LogP contribution in [0.3, 0.4) is 0 Å². The SMILES string of the molecule is C.C.C.C.C.CN(C)CCN(CCN(C)C)CCN(C)C. The van der Waals surface area contributed by atoms with E-state index in [-0.39, 0.29) is 37.1 Å². The van der Waals surface area contributed by atoms with Crippen molar-refractivity contribution in [2.45, 2.75) is 37.1 Å². The number of hydrogen-bond donors (Lipinski definition) is 0. The van der Waals surface area contributed by atoms with Gasteiger partial charge in [-0.3, -0.25) is 4.90 Å². The van der Waals surface area contributed by atoms with Gasteiger partial charge in [-0.05, 0) is 42.3 Å². The predicted octanol–water partition coefficient (Wildman–Crippen LogP) is 3.15. The van der Waals surface area contributed by atoms with Crippen molar-refractivity contribution >= 4 is 0 Å². The van der Waals surface area contributed by atoms with Crippen molar-refractivity contribution in [2.75, 3.05) is 81.6 Å². The van der Waals surface area contributed by atoms with E-state index in [9.17, 15) is 0 Å². The molecule has 0 heterocycles. The van der Waals surface area contributed by atoms with Gasteiger partial charge in [0.1, 0.15) is 0 Å². The van der Waals surface area contributed by atoms with Gasteiger partial charge in [-0.2, -0.15) is 0 Å². The van der Waals surface area contributed by atoms with Crippen LogP contribution in [-0.4, -0.2) is 101 Å². The molecule has 0 radical (unpaired) electrons. The summed E-state index contributed by atoms with van der Waals surface area (Å²) < 4.78 is 0. The second-order valence-corrected chi connectivity index (χ2v) is 5.25. The van der Waals surface area contributed by atoms with Crippen LogP contribution in [0.15, 0.2) is 0 Å². The first-order chi connectivity index (χ1) is 7.41. The Hall–Kier alpha value is -0.160. The molecule has 0 rings (SSSR count). The smallest absolute Gasteiger partial charge is 0.0110 e. The Morgan fingerprint density at radius 2 is 0.571 bits per heavy atom. The van der Waals surface area contributed by atoms with E-state index in [1.807, 2.05) is 0 Å². The zero-order valence-corrected chi connectivity index (χ0v) is 12.0. The third-order valence-corrected chi connectivity index (χ3v) is 2.59. The molecule has 4 heteroatoms. The Morgan fingerprint density at radius 1 is 0.381 bits per heavy atom. The van der Waals surface area contributed by atoms with E-state index in [1.165, 1.54) is 0 Å². The molecule has 0 saturated carbocycles. The minimum absolute atomic E-state index is 0. The van der Waals surface area contributed by atoms with Gasteiger partial charge in [0.05, 0.1) is 0 Å². The first-order valence-corrected chi connectivity index (χ1v) is 6.08. The van der Waals surface area contributed by atoms with E-state index in [1.54, 1.807) is 0 Å². The van der Waals surface area contributed by atoms with Crippen molar-refractivity contribution in [1.82, 2.24) is 19.6 Å². The van der Waals surface area contributed by atoms with E-state index < -0.39 is 0 Å². The third-order valence-electron chi connectivity index (χ3n) is 2.59. The minimum Gasteiger partial charge on any atom is -0.308 e. The molecule has 0 saturated heterocycles. The molecule has 0 fully saturated rings. The average Bonchev–Trinajstić information content (AvgIpc) is 2.15. The normalized spacial score (nSPS) is 9.43. The summed E-state index contributed by atoms with van der Waals surface area (Å²) in [5.74, 6) is 0. The van der Waals surface area contributed by atoms with Crippen molar-refractivity contribution in [3.63, 3.8) is 0 Å². The predicted molar refractivity (Wildman–Crippen MR) is 106 cm³/mol. The second kappa shape index (κ2) is 22.1. The standard InChI is InChI=1S/C12H30N4.5CH4/c1-13(2)7-10-16(11-8-14(3)4)12-9-15(5)6;;;;;/h7-12H2,1-6H3;5*1H4. The number of rotatable bonds is 9. The molecule has 0 unspecified atom stereocenters. The van der Waals surface area contributed by atoms with Gasteiger partial charge in [0.2, 0.25) is 0 Å². The van der Waals surface area contributed by atoms with E-state index >= 15 is 0 Å². The van der Waals surface area contributed by atoms with E-state index in [4.69, 9.17) is 0 Å². The molecule has 0 N–H and O–H groups in total. The molecule has 0 spiro atoms. The van der Waals surface area contributed by atoms with Crippen LogP contribution in [0, 0.1) is 0 Å². The van der Waals surface area contributed by atoms with Crippen LogP contribution >= 0.6 is 0 Å². The Bertz CT molecular complexity index is 130. The molecule has 0 aromatic carbocycles. The first-order valence-electron chi connectivity index (χ1n) is 6.08. The van der Waals surface area contributed by atoms with Crippen LogP contribution in [0.4, 0.5) is 0 Å². The van der Waals surface area contributed by atoms with Crippen molar-refractivity contribution in [3.05, 3.63) is 0 Å². The lowest BCUT2D eigenvalue weighted by atomic mass is 10.4. The van der Waals surface area contributed by atoms with Gasteiger partial charge >= 0.3 is 0 Å². The van der Waals surface area contributed by atoms with Gasteiger partial charge in [-0.1, -0.05) is 37.1 Å². The molecule has 0 aliphatic carbocycles. The summed E-state index contributed by atoms with van der Waals surface area (Å²) in [6.45, 7) is 6.90. The molecule has 0 aliphatic rings. The lowest BCUT2D eigenvalue weighted by Gasteiger charge is -2.26. The molecule has 0 aromatic rings. The quantitative estimate of drug-likeness (QED) is 0.648. The monoisotopic (exact) mass is 310 g/mol. The zero-order valence-electron chi connectivity index (χ0n) is 12.0. The molecule has 0 aromatic heterocycles. The Kier molecular flexibility index (Phi) is 39.2. The van der Waals surface area contributed by atoms with Crippen molar-refractivity contribution < 1.29 is 0 Å². The fraction of sp³-hybridized carbons (Fsp3) is 1.00. The summed E-state index contributed by atoms with van der Waals surface area (Å²) in [7, 11) is 12.8. The van der Waals surface area contributed by atoms with Crippen molar-refractivity contribution in [1.29, 1.82) is 0 Å². The summed E-state index contributed by atoms with van der Waals surface area (Å²) in [6.07, 6.45) is 0. The molecule has 138 valence electrons. The first kappa shape index (κ1) is 37.2. The zero-order chi connectivity index (χ0) is 12.6. The number of hydrogen-bond acceptors (Lipinski definition) is 4. The summed E-state index contributed by atoms with van der Waals surface area (Å²) in [6, 6.07) is 0. The van der Waals surface area contributed by atoms with Crippen LogP contribution in [-0.2, 0) is 0 Å². The maximum atomic E-state index is 2.54. The fourth-order valence-corrected chi connectivity index (χ4v) is 1.36. The van der Waals surface area contributed by atoms with Crippen molar-refractivity contribution in [3.8, 4) is 0 Å². The molecule has 0 atom stereocenters. The largest absolute Gasteiger partial charge is 0.308 e. The van der Waals surface area contributed by atoms with Gasteiger partial charge in [0.25, 0.3) is 0 Å². The maximum Gasteiger partial charge on any atom is 0.0110 e. The average molecular weight is 311 g/mol. The van der Waals surface area contributed by atoms with E-state index in [0.717, 1.165) is 39.3 Å². The highest BCUT2D eigenvalue weighted by Crippen LogP contribution is 1.91. The lowest BCUT2D eigenvalue weighted by Crippen LogP contribution is -2.40. The highest BCUT2D eigenvalue weighted by molar-refractivity contribution is 4.63. The molecule has 0 bridgehead atoms. The van der Waals surface area contributed by atoms with E-state index in [2.05, 4.69) is 61.9 Å². The Labute approximate surface area is 139 Å². The summed E-state index contributed by atoms with van der Waals surface area (Å²) in [5.41, 5.74) is 0. The molecular formula is C17H50N4. The lowest BCUT2D eigenvalue weighted by molar-refractivity contribution is 0.201. The third kappa shape index (κ3) is 28.7. The Morgan fingerprint density at radius 3 is 0.714 bits per heavy atom. The summed E-state index contributed by atoms with van der Waals surface area (Å²) in [5, 5.41) is 0. The van der Waals surface area contributed by atoms with Gasteiger partial charge in [0.15, 0.2) is 0 Å². The minimum atomic E-state index is 0. The number of likely N-dealkylation sites (N-methyl/N-ethyl adjacent to an activating group) is 3. The molecule has 0 amide bonds. The van der Waals surface area contributed by atoms with Gasteiger partial charge in [0, 0.05) is 39.3 Å². The van der Waals surface area contributed by atoms with Crippen LogP contribution in [0.5, 0.6) is 0 Å². The second-order valence-electron chi connectivity index (χ2n) is 5.25. The highest BCUT2D eigenvalue weighted by atomic mass is 15.2. The van der Waals surface area contributed by atoms with Gasteiger partial charge in [-0.15, -0.1) is 0 Å².